The van der Waals surface area contributed by atoms with Crippen LogP contribution in [0.5, 0.6) is 5.75 Å². The molecule has 2 amide bonds. The number of nitrogens with zero attached hydrogens (tertiary/aromatic N) is 3. The topological polar surface area (TPSA) is 106 Å². The van der Waals surface area contributed by atoms with Crippen molar-refractivity contribution in [2.24, 2.45) is 0 Å². The van der Waals surface area contributed by atoms with Gasteiger partial charge in [0, 0.05) is 23.7 Å². The monoisotopic (exact) mass is 519 g/mol. The number of nitrogens with one attached hydrogen (secondary N) is 2. The van der Waals surface area contributed by atoms with Crippen LogP contribution in [-0.4, -0.2) is 65.1 Å². The number of carbonyl (C=O) groups excluding carboxylic acids is 2. The zero-order valence-corrected chi connectivity index (χ0v) is 19.4. The van der Waals surface area contributed by atoms with Crippen molar-refractivity contribution in [3.05, 3.63) is 54.1 Å². The highest BCUT2D eigenvalue weighted by atomic mass is 32.1. The number of amides is 2. The fourth-order valence-corrected chi connectivity index (χ4v) is 4.91. The molecule has 0 spiro atoms. The molecule has 2 bridgehead atoms. The average Bonchev–Trinajstić information content (AvgIpc) is 3.57. The van der Waals surface area contributed by atoms with Gasteiger partial charge in [-0.05, 0) is 24.6 Å². The summed E-state index contributed by atoms with van der Waals surface area (Å²) in [5.41, 5.74) is 0.560. The van der Waals surface area contributed by atoms with E-state index in [0.717, 1.165) is 35.5 Å². The SMILES string of the molecule is O=C(CN1CC2C[C@H]1CO2)Nc1cc(C(=O)Nc2nnc(-c3ccccc3)s2)ccc1OC(F)(F)F. The summed E-state index contributed by atoms with van der Waals surface area (Å²) in [6.07, 6.45) is -4.08. The summed E-state index contributed by atoms with van der Waals surface area (Å²) < 4.78 is 48.3. The number of alkyl halides is 3. The van der Waals surface area contributed by atoms with E-state index in [9.17, 15) is 22.8 Å². The molecule has 0 aliphatic carbocycles. The van der Waals surface area contributed by atoms with Gasteiger partial charge >= 0.3 is 6.36 Å². The highest BCUT2D eigenvalue weighted by Gasteiger charge is 2.39. The van der Waals surface area contributed by atoms with Crippen molar-refractivity contribution in [3.8, 4) is 16.3 Å². The first-order valence-electron chi connectivity index (χ1n) is 11.0. The van der Waals surface area contributed by atoms with Crippen LogP contribution in [0.2, 0.25) is 0 Å². The Labute approximate surface area is 207 Å². The first-order valence-corrected chi connectivity index (χ1v) is 11.8. The molecule has 0 saturated carbocycles. The number of rotatable bonds is 7. The summed E-state index contributed by atoms with van der Waals surface area (Å²) in [4.78, 5) is 27.3. The molecule has 2 N–H and O–H groups in total. The number of anilines is 2. The quantitative estimate of drug-likeness (QED) is 0.490. The lowest BCUT2D eigenvalue weighted by molar-refractivity contribution is -0.274. The number of fused-ring (bicyclic) bond motifs is 2. The van der Waals surface area contributed by atoms with Crippen molar-refractivity contribution >= 4 is 34.0 Å². The van der Waals surface area contributed by atoms with Gasteiger partial charge < -0.3 is 14.8 Å². The summed E-state index contributed by atoms with van der Waals surface area (Å²) in [5.74, 6) is -1.78. The molecular formula is C23H20F3N5O4S. The maximum atomic E-state index is 12.9. The van der Waals surface area contributed by atoms with Crippen molar-refractivity contribution in [3.63, 3.8) is 0 Å². The van der Waals surface area contributed by atoms with E-state index in [2.05, 4.69) is 25.6 Å². The van der Waals surface area contributed by atoms with Crippen LogP contribution in [0.4, 0.5) is 24.0 Å². The highest BCUT2D eigenvalue weighted by Crippen LogP contribution is 2.33. The molecule has 2 aliphatic heterocycles. The minimum atomic E-state index is -4.98. The predicted molar refractivity (Wildman–Crippen MR) is 125 cm³/mol. The van der Waals surface area contributed by atoms with E-state index in [1.165, 1.54) is 6.07 Å². The Kier molecular flexibility index (Phi) is 6.60. The van der Waals surface area contributed by atoms with Crippen molar-refractivity contribution in [1.29, 1.82) is 0 Å². The normalized spacial score (nSPS) is 19.3. The van der Waals surface area contributed by atoms with Crippen molar-refractivity contribution in [2.75, 3.05) is 30.3 Å². The summed E-state index contributed by atoms with van der Waals surface area (Å²) >= 11 is 1.15. The first-order chi connectivity index (χ1) is 17.2. The third-order valence-electron chi connectivity index (χ3n) is 5.77. The Morgan fingerprint density at radius 1 is 1.14 bits per heavy atom. The summed E-state index contributed by atoms with van der Waals surface area (Å²) in [6, 6.07) is 12.6. The van der Waals surface area contributed by atoms with E-state index in [0.29, 0.717) is 18.2 Å². The Morgan fingerprint density at radius 3 is 2.64 bits per heavy atom. The maximum Gasteiger partial charge on any atom is 0.573 e. The Morgan fingerprint density at radius 2 is 1.94 bits per heavy atom. The Balaban J connectivity index is 1.31. The predicted octanol–water partition coefficient (Wildman–Crippen LogP) is 3.77. The standard InChI is InChI=1S/C23H20F3N5O4S/c24-23(25,26)35-18-7-6-14(8-17(18)27-19(32)11-31-10-16-9-15(31)12-34-16)20(33)28-22-30-29-21(36-22)13-4-2-1-3-5-13/h1-8,15-16H,9-12H2,(H,27,32)(H,28,30,33)/t15-,16?/m0/s1. The van der Waals surface area contributed by atoms with Crippen LogP contribution in [0.25, 0.3) is 10.6 Å². The van der Waals surface area contributed by atoms with E-state index in [1.54, 1.807) is 0 Å². The molecule has 2 atom stereocenters. The molecule has 2 fully saturated rings. The van der Waals surface area contributed by atoms with Crippen molar-refractivity contribution in [1.82, 2.24) is 15.1 Å². The second-order valence-electron chi connectivity index (χ2n) is 8.31. The molecule has 9 nitrogen and oxygen atoms in total. The Hall–Kier alpha value is -3.55. The second-order valence-corrected chi connectivity index (χ2v) is 9.29. The lowest BCUT2D eigenvalue weighted by Gasteiger charge is -2.26. The third-order valence-corrected chi connectivity index (χ3v) is 6.66. The third kappa shape index (κ3) is 5.64. The largest absolute Gasteiger partial charge is 0.573 e. The van der Waals surface area contributed by atoms with Gasteiger partial charge in [0.05, 0.1) is 24.9 Å². The zero-order valence-electron chi connectivity index (χ0n) is 18.6. The van der Waals surface area contributed by atoms with Gasteiger partial charge in [-0.15, -0.1) is 23.4 Å². The molecule has 13 heteroatoms. The van der Waals surface area contributed by atoms with Crippen LogP contribution in [0, 0.1) is 0 Å². The van der Waals surface area contributed by atoms with Crippen molar-refractivity contribution in [2.45, 2.75) is 24.9 Å². The van der Waals surface area contributed by atoms with Gasteiger partial charge in [0.1, 0.15) is 5.01 Å². The van der Waals surface area contributed by atoms with Gasteiger partial charge in [0.2, 0.25) is 11.0 Å². The van der Waals surface area contributed by atoms with E-state index < -0.39 is 23.9 Å². The number of aromatic nitrogens is 2. The van der Waals surface area contributed by atoms with E-state index in [-0.39, 0.29) is 35.1 Å². The molecule has 5 rings (SSSR count). The van der Waals surface area contributed by atoms with Gasteiger partial charge in [-0.25, -0.2) is 0 Å². The molecule has 1 aromatic heterocycles. The number of halogens is 3. The fraction of sp³-hybridized carbons (Fsp3) is 0.304. The molecular weight excluding hydrogens is 499 g/mol. The van der Waals surface area contributed by atoms with E-state index in [4.69, 9.17) is 4.74 Å². The zero-order chi connectivity index (χ0) is 25.3. The minimum Gasteiger partial charge on any atom is -0.404 e. The smallest absolute Gasteiger partial charge is 0.404 e. The number of ether oxygens (including phenoxy) is 2. The molecule has 3 aromatic rings. The molecule has 0 radical (unpaired) electrons. The highest BCUT2D eigenvalue weighted by molar-refractivity contribution is 7.18. The summed E-state index contributed by atoms with van der Waals surface area (Å²) in [5, 5.41) is 13.8. The number of morpholine rings is 1. The first kappa shape index (κ1) is 24.2. The van der Waals surface area contributed by atoms with Crippen LogP contribution in [0.15, 0.2) is 48.5 Å². The summed E-state index contributed by atoms with van der Waals surface area (Å²) in [6.45, 7) is 1.09. The van der Waals surface area contributed by atoms with Crippen LogP contribution in [-0.2, 0) is 9.53 Å². The number of hydrogen-bond acceptors (Lipinski definition) is 8. The number of benzene rings is 2. The average molecular weight is 520 g/mol. The molecule has 188 valence electrons. The fourth-order valence-electron chi connectivity index (χ4n) is 4.17. The van der Waals surface area contributed by atoms with Crippen LogP contribution in [0.3, 0.4) is 0 Å². The van der Waals surface area contributed by atoms with Gasteiger partial charge in [-0.1, -0.05) is 41.7 Å². The lowest BCUT2D eigenvalue weighted by Crippen LogP contribution is -2.41. The molecule has 36 heavy (non-hydrogen) atoms. The van der Waals surface area contributed by atoms with E-state index >= 15 is 0 Å². The Bertz CT molecular complexity index is 1270. The molecule has 2 saturated heterocycles. The number of likely N-dealkylation sites (tertiary alicyclic amines) is 1. The molecule has 3 heterocycles. The maximum absolute atomic E-state index is 12.9. The molecule has 2 aliphatic rings. The minimum absolute atomic E-state index is 0.00455. The second kappa shape index (κ2) is 9.84. The van der Waals surface area contributed by atoms with Gasteiger partial charge in [0.25, 0.3) is 5.91 Å². The molecule has 2 aromatic carbocycles. The number of carbonyl (C=O) groups is 2. The van der Waals surface area contributed by atoms with Gasteiger partial charge in [-0.2, -0.15) is 0 Å². The summed E-state index contributed by atoms with van der Waals surface area (Å²) in [7, 11) is 0. The van der Waals surface area contributed by atoms with Gasteiger partial charge in [-0.3, -0.25) is 19.8 Å². The van der Waals surface area contributed by atoms with Gasteiger partial charge in [0.15, 0.2) is 5.75 Å². The lowest BCUT2D eigenvalue weighted by atomic mass is 10.1. The van der Waals surface area contributed by atoms with Crippen LogP contribution in [0.1, 0.15) is 16.8 Å². The number of hydrogen-bond donors (Lipinski definition) is 2. The van der Waals surface area contributed by atoms with Crippen LogP contribution >= 0.6 is 11.3 Å². The van der Waals surface area contributed by atoms with E-state index in [1.807, 2.05) is 35.2 Å². The van der Waals surface area contributed by atoms with Crippen molar-refractivity contribution < 1.29 is 32.2 Å². The van der Waals surface area contributed by atoms with Crippen LogP contribution < -0.4 is 15.4 Å². The molecule has 1 unspecified atom stereocenters.